The standard InChI is InChI=1S/C32H51N3O8SSi2/c1-22-19-35(29(37)34(27(22)36)18-17-23-15-13-12-14-16-23)28-26(42-46(10,11)31(5,6)7)32(24(33)21-44(38,39)43-32)25(41-28)20-40-45(8,9)30(2,3)4/h12-16,19,21,25-26,28H,17-18,20,33H2,1-11H3/t25?,26-,28+,32?/m0/s1. The summed E-state index contributed by atoms with van der Waals surface area (Å²) < 4.78 is 54.8. The molecule has 2 unspecified atom stereocenters. The van der Waals surface area contributed by atoms with Gasteiger partial charge in [-0.3, -0.25) is 13.9 Å². The van der Waals surface area contributed by atoms with E-state index in [-0.39, 0.29) is 28.9 Å². The minimum absolute atomic E-state index is 0.0458. The second-order valence-electron chi connectivity index (χ2n) is 15.5. The van der Waals surface area contributed by atoms with Crippen LogP contribution >= 0.6 is 0 Å². The summed E-state index contributed by atoms with van der Waals surface area (Å²) in [5.41, 5.74) is 4.97. The van der Waals surface area contributed by atoms with Gasteiger partial charge in [-0.15, -0.1) is 0 Å². The average molecular weight is 694 g/mol. The first-order valence-corrected chi connectivity index (χ1v) is 23.0. The molecule has 2 aliphatic rings. The molecular weight excluding hydrogens is 643 g/mol. The number of benzene rings is 1. The molecule has 3 heterocycles. The maximum Gasteiger partial charge on any atom is 0.333 e. The zero-order valence-electron chi connectivity index (χ0n) is 29.0. The zero-order chi connectivity index (χ0) is 34.7. The Labute approximate surface area is 275 Å². The van der Waals surface area contributed by atoms with Crippen LogP contribution in [0.2, 0.25) is 36.3 Å². The third-order valence-electron chi connectivity index (χ3n) is 10.2. The predicted octanol–water partition coefficient (Wildman–Crippen LogP) is 4.77. The Hall–Kier alpha value is -2.34. The van der Waals surface area contributed by atoms with Crippen LogP contribution in [0.1, 0.15) is 58.9 Å². The molecule has 0 bridgehead atoms. The fourth-order valence-electron chi connectivity index (χ4n) is 5.24. The van der Waals surface area contributed by atoms with Crippen LogP contribution in [0.25, 0.3) is 0 Å². The first kappa shape index (κ1) is 36.5. The highest BCUT2D eigenvalue weighted by Crippen LogP contribution is 2.52. The first-order chi connectivity index (χ1) is 20.9. The minimum Gasteiger partial charge on any atom is -0.414 e. The normalized spacial score (nSPS) is 25.3. The molecule has 46 heavy (non-hydrogen) atoms. The van der Waals surface area contributed by atoms with Crippen LogP contribution in [-0.2, 0) is 40.9 Å². The molecular formula is C32H51N3O8SSi2. The topological polar surface area (TPSA) is 141 Å². The lowest BCUT2D eigenvalue weighted by Crippen LogP contribution is -2.59. The van der Waals surface area contributed by atoms with Gasteiger partial charge < -0.3 is 19.3 Å². The van der Waals surface area contributed by atoms with E-state index in [9.17, 15) is 18.0 Å². The molecule has 0 radical (unpaired) electrons. The fraction of sp³-hybridized carbons (Fsp3) is 0.625. The number of aryl methyl sites for hydroxylation is 2. The Morgan fingerprint density at radius 2 is 1.57 bits per heavy atom. The van der Waals surface area contributed by atoms with E-state index in [1.165, 1.54) is 15.3 Å². The number of ether oxygens (including phenoxy) is 1. The minimum atomic E-state index is -4.22. The highest BCUT2D eigenvalue weighted by molar-refractivity contribution is 7.90. The predicted molar refractivity (Wildman–Crippen MR) is 184 cm³/mol. The van der Waals surface area contributed by atoms with Crippen LogP contribution in [-0.4, -0.2) is 58.6 Å². The maximum absolute atomic E-state index is 14.2. The Bertz CT molecular complexity index is 1710. The summed E-state index contributed by atoms with van der Waals surface area (Å²) in [5.74, 6) is 0. The third kappa shape index (κ3) is 6.80. The van der Waals surface area contributed by atoms with Gasteiger partial charge in [-0.25, -0.2) is 8.98 Å². The second kappa shape index (κ2) is 12.3. The van der Waals surface area contributed by atoms with Gasteiger partial charge in [-0.2, -0.15) is 8.42 Å². The van der Waals surface area contributed by atoms with E-state index in [2.05, 4.69) is 54.6 Å². The van der Waals surface area contributed by atoms with Gasteiger partial charge in [0.25, 0.3) is 15.7 Å². The molecule has 0 saturated carbocycles. The summed E-state index contributed by atoms with van der Waals surface area (Å²) >= 11 is 0. The largest absolute Gasteiger partial charge is 0.414 e. The molecule has 1 saturated heterocycles. The Morgan fingerprint density at radius 3 is 2.09 bits per heavy atom. The SMILES string of the molecule is Cc1cn([C@@H]2OC(CO[Si](C)(C)C(C)(C)C)C3(OS(=O)(=O)C=C3N)[C@H]2O[Si](C)(C)C(C)(C)C)c(=O)n(CCc2ccccc2)c1=O. The summed E-state index contributed by atoms with van der Waals surface area (Å²) in [6, 6.07) is 9.59. The molecule has 4 atom stereocenters. The van der Waals surface area contributed by atoms with Crippen molar-refractivity contribution >= 4 is 26.8 Å². The molecule has 0 amide bonds. The number of hydrogen-bond acceptors (Lipinski definition) is 9. The van der Waals surface area contributed by atoms with E-state index in [0.29, 0.717) is 12.0 Å². The van der Waals surface area contributed by atoms with Gasteiger partial charge in [0.1, 0.15) is 12.2 Å². The number of rotatable bonds is 9. The molecule has 256 valence electrons. The summed E-state index contributed by atoms with van der Waals surface area (Å²) in [5, 5.41) is 0.441. The molecule has 1 aromatic carbocycles. The van der Waals surface area contributed by atoms with Crippen molar-refractivity contribution in [1.82, 2.24) is 9.13 Å². The molecule has 11 nitrogen and oxygen atoms in total. The second-order valence-corrected chi connectivity index (χ2v) is 26.5. The van der Waals surface area contributed by atoms with Gasteiger partial charge in [0.2, 0.25) is 0 Å². The number of hydrogen-bond donors (Lipinski definition) is 1. The van der Waals surface area contributed by atoms with Gasteiger partial charge >= 0.3 is 5.69 Å². The summed E-state index contributed by atoms with van der Waals surface area (Å²) in [4.78, 5) is 27.5. The summed E-state index contributed by atoms with van der Waals surface area (Å²) in [7, 11) is -9.29. The average Bonchev–Trinajstić information content (AvgIpc) is 3.35. The van der Waals surface area contributed by atoms with Crippen LogP contribution in [0, 0.1) is 6.92 Å². The van der Waals surface area contributed by atoms with Crippen molar-refractivity contribution < 1.29 is 26.2 Å². The molecule has 2 aliphatic heterocycles. The molecule has 4 rings (SSSR count). The van der Waals surface area contributed by atoms with E-state index in [0.717, 1.165) is 11.0 Å². The van der Waals surface area contributed by atoms with Crippen LogP contribution in [0.5, 0.6) is 0 Å². The maximum atomic E-state index is 14.2. The van der Waals surface area contributed by atoms with Crippen molar-refractivity contribution in [2.24, 2.45) is 5.73 Å². The number of aromatic nitrogens is 2. The van der Waals surface area contributed by atoms with Crippen molar-refractivity contribution in [1.29, 1.82) is 0 Å². The zero-order valence-corrected chi connectivity index (χ0v) is 31.9. The lowest BCUT2D eigenvalue weighted by Gasteiger charge is -2.43. The molecule has 1 aromatic heterocycles. The highest BCUT2D eigenvalue weighted by Gasteiger charge is 2.67. The van der Waals surface area contributed by atoms with Gasteiger partial charge in [0, 0.05) is 18.3 Å². The van der Waals surface area contributed by atoms with Crippen molar-refractivity contribution in [2.75, 3.05) is 6.61 Å². The van der Waals surface area contributed by atoms with Gasteiger partial charge in [-0.05, 0) is 55.2 Å². The van der Waals surface area contributed by atoms with E-state index in [1.54, 1.807) is 6.92 Å². The smallest absolute Gasteiger partial charge is 0.333 e. The van der Waals surface area contributed by atoms with Crippen molar-refractivity contribution in [3.63, 3.8) is 0 Å². The quantitative estimate of drug-likeness (QED) is 0.291. The fourth-order valence-corrected chi connectivity index (χ4v) is 8.74. The van der Waals surface area contributed by atoms with Crippen LogP contribution < -0.4 is 17.0 Å². The Morgan fingerprint density at radius 1 is 0.978 bits per heavy atom. The van der Waals surface area contributed by atoms with Crippen LogP contribution in [0.15, 0.2) is 57.2 Å². The van der Waals surface area contributed by atoms with E-state index in [4.69, 9.17) is 23.5 Å². The molecule has 1 fully saturated rings. The van der Waals surface area contributed by atoms with Crippen molar-refractivity contribution in [3.05, 3.63) is 79.6 Å². The molecule has 0 aliphatic carbocycles. The van der Waals surface area contributed by atoms with Gasteiger partial charge in [0.15, 0.2) is 28.5 Å². The monoisotopic (exact) mass is 693 g/mol. The van der Waals surface area contributed by atoms with E-state index in [1.807, 2.05) is 43.4 Å². The van der Waals surface area contributed by atoms with Crippen LogP contribution in [0.4, 0.5) is 0 Å². The first-order valence-electron chi connectivity index (χ1n) is 15.7. The van der Waals surface area contributed by atoms with Crippen molar-refractivity contribution in [2.45, 2.75) is 122 Å². The summed E-state index contributed by atoms with van der Waals surface area (Å²) in [6.45, 7) is 22.4. The van der Waals surface area contributed by atoms with Crippen molar-refractivity contribution in [3.8, 4) is 0 Å². The van der Waals surface area contributed by atoms with E-state index < -0.39 is 62.0 Å². The highest BCUT2D eigenvalue weighted by atomic mass is 32.2. The third-order valence-corrected chi connectivity index (χ3v) is 20.2. The van der Waals surface area contributed by atoms with Gasteiger partial charge in [0.05, 0.1) is 17.7 Å². The van der Waals surface area contributed by atoms with E-state index >= 15 is 0 Å². The lowest BCUT2D eigenvalue weighted by molar-refractivity contribution is -0.0567. The summed E-state index contributed by atoms with van der Waals surface area (Å²) in [6.07, 6.45) is -1.49. The molecule has 2 aromatic rings. The van der Waals surface area contributed by atoms with Gasteiger partial charge in [-0.1, -0.05) is 71.9 Å². The lowest BCUT2D eigenvalue weighted by atomic mass is 9.89. The number of nitrogens with zero attached hydrogens (tertiary/aromatic N) is 2. The number of nitrogens with two attached hydrogens (primary N) is 1. The van der Waals surface area contributed by atoms with Crippen LogP contribution in [0.3, 0.4) is 0 Å². The molecule has 2 N–H and O–H groups in total. The Kier molecular flexibility index (Phi) is 9.74. The Balaban J connectivity index is 1.90. The molecule has 14 heteroatoms. The molecule has 1 spiro atoms.